The van der Waals surface area contributed by atoms with E-state index in [1.807, 2.05) is 6.07 Å². The summed E-state index contributed by atoms with van der Waals surface area (Å²) in [4.78, 5) is 26.0. The number of halogens is 1. The van der Waals surface area contributed by atoms with Gasteiger partial charge in [-0.15, -0.1) is 5.92 Å². The van der Waals surface area contributed by atoms with Crippen LogP contribution in [0.1, 0.15) is 44.8 Å². The van der Waals surface area contributed by atoms with Crippen molar-refractivity contribution in [3.05, 3.63) is 34.9 Å². The normalized spacial score (nSPS) is 20.8. The number of hydrogen-bond donors (Lipinski definition) is 0. The molecule has 1 fully saturated rings. The predicted molar refractivity (Wildman–Crippen MR) is 97.9 cm³/mol. The lowest BCUT2D eigenvalue weighted by Gasteiger charge is -2.25. The van der Waals surface area contributed by atoms with E-state index in [1.165, 1.54) is 6.92 Å². The van der Waals surface area contributed by atoms with Crippen molar-refractivity contribution in [2.75, 3.05) is 13.6 Å². The first-order chi connectivity index (χ1) is 12.0. The third kappa shape index (κ3) is 4.76. The standard InChI is InChI=1S/C20H24ClNO3/c1-4-5-6-7-10-15-13-22(3)20(24)18(15)19(25-14(2)23)16-11-8-9-12-17(16)21/h8-9,11-12,15,18-19H,4-6,13H2,1-3H3. The molecule has 4 nitrogen and oxygen atoms in total. The molecule has 0 bridgehead atoms. The number of nitrogens with zero attached hydrogens (tertiary/aromatic N) is 1. The monoisotopic (exact) mass is 361 g/mol. The molecule has 1 aromatic rings. The first kappa shape index (κ1) is 19.3. The van der Waals surface area contributed by atoms with Gasteiger partial charge in [0.25, 0.3) is 0 Å². The number of amides is 1. The van der Waals surface area contributed by atoms with Crippen molar-refractivity contribution in [1.82, 2.24) is 4.90 Å². The lowest BCUT2D eigenvalue weighted by Crippen LogP contribution is -2.29. The molecule has 1 aliphatic rings. The minimum absolute atomic E-state index is 0.0686. The molecule has 2 rings (SSSR count). The van der Waals surface area contributed by atoms with Crippen LogP contribution in [0.5, 0.6) is 0 Å². The number of benzene rings is 1. The van der Waals surface area contributed by atoms with Gasteiger partial charge in [0.05, 0.1) is 11.8 Å². The summed E-state index contributed by atoms with van der Waals surface area (Å²) in [6.07, 6.45) is 2.19. The van der Waals surface area contributed by atoms with Gasteiger partial charge >= 0.3 is 5.97 Å². The Hall–Kier alpha value is -1.99. The highest BCUT2D eigenvalue weighted by molar-refractivity contribution is 6.31. The first-order valence-electron chi connectivity index (χ1n) is 8.60. The van der Waals surface area contributed by atoms with Crippen LogP contribution in [-0.2, 0) is 14.3 Å². The second kappa shape index (κ2) is 8.92. The molecule has 3 unspecified atom stereocenters. The van der Waals surface area contributed by atoms with Crippen molar-refractivity contribution in [3.8, 4) is 11.8 Å². The summed E-state index contributed by atoms with van der Waals surface area (Å²) in [5.74, 6) is 5.16. The number of likely N-dealkylation sites (tertiary alicyclic amines) is 1. The van der Waals surface area contributed by atoms with Crippen LogP contribution >= 0.6 is 11.6 Å². The van der Waals surface area contributed by atoms with Gasteiger partial charge in [-0.05, 0) is 12.5 Å². The maximum Gasteiger partial charge on any atom is 0.303 e. The Morgan fingerprint density at radius 1 is 1.44 bits per heavy atom. The van der Waals surface area contributed by atoms with Crippen molar-refractivity contribution in [2.45, 2.75) is 39.2 Å². The summed E-state index contributed by atoms with van der Waals surface area (Å²) < 4.78 is 5.54. The summed E-state index contributed by atoms with van der Waals surface area (Å²) in [7, 11) is 1.75. The van der Waals surface area contributed by atoms with Crippen LogP contribution in [0.25, 0.3) is 0 Å². The zero-order valence-electron chi connectivity index (χ0n) is 14.9. The molecule has 1 amide bonds. The molecule has 0 aromatic heterocycles. The Balaban J connectivity index is 2.37. The number of esters is 1. The predicted octanol–water partition coefficient (Wildman–Crippen LogP) is 3.84. The van der Waals surface area contributed by atoms with E-state index in [0.717, 1.165) is 19.3 Å². The Morgan fingerprint density at radius 3 is 2.80 bits per heavy atom. The van der Waals surface area contributed by atoms with Gasteiger partial charge in [0, 0.05) is 37.5 Å². The van der Waals surface area contributed by atoms with E-state index in [0.29, 0.717) is 17.1 Å². The highest BCUT2D eigenvalue weighted by atomic mass is 35.5. The fraction of sp³-hybridized carbons (Fsp3) is 0.500. The second-order valence-corrected chi connectivity index (χ2v) is 6.73. The van der Waals surface area contributed by atoms with Crippen LogP contribution in [0.4, 0.5) is 0 Å². The first-order valence-corrected chi connectivity index (χ1v) is 8.98. The van der Waals surface area contributed by atoms with E-state index in [4.69, 9.17) is 16.3 Å². The molecule has 5 heteroatoms. The molecule has 1 heterocycles. The van der Waals surface area contributed by atoms with Gasteiger partial charge in [-0.1, -0.05) is 49.1 Å². The Labute approximate surface area is 154 Å². The van der Waals surface area contributed by atoms with Gasteiger partial charge in [0.15, 0.2) is 0 Å². The van der Waals surface area contributed by atoms with E-state index >= 15 is 0 Å². The zero-order valence-corrected chi connectivity index (χ0v) is 15.7. The van der Waals surface area contributed by atoms with Crippen molar-refractivity contribution in [2.24, 2.45) is 11.8 Å². The molecule has 1 aliphatic heterocycles. The molecule has 0 N–H and O–H groups in total. The molecule has 0 saturated carbocycles. The minimum atomic E-state index is -0.728. The number of ether oxygens (including phenoxy) is 1. The average molecular weight is 362 g/mol. The third-order valence-electron chi connectivity index (χ3n) is 4.34. The van der Waals surface area contributed by atoms with Crippen LogP contribution < -0.4 is 0 Å². The summed E-state index contributed by atoms with van der Waals surface area (Å²) in [5.41, 5.74) is 0.647. The van der Waals surface area contributed by atoms with Gasteiger partial charge < -0.3 is 9.64 Å². The van der Waals surface area contributed by atoms with E-state index < -0.39 is 18.0 Å². The average Bonchev–Trinajstić information content (AvgIpc) is 2.84. The number of unbranched alkanes of at least 4 members (excludes halogenated alkanes) is 2. The lowest BCUT2D eigenvalue weighted by molar-refractivity contribution is -0.152. The minimum Gasteiger partial charge on any atom is -0.457 e. The summed E-state index contributed by atoms with van der Waals surface area (Å²) >= 11 is 6.31. The molecule has 0 spiro atoms. The molecular formula is C20H24ClNO3. The Morgan fingerprint density at radius 2 is 2.16 bits per heavy atom. The molecule has 25 heavy (non-hydrogen) atoms. The SMILES string of the molecule is CCCCC#CC1CN(C)C(=O)C1C(OC(C)=O)c1ccccc1Cl. The van der Waals surface area contributed by atoms with E-state index in [-0.39, 0.29) is 11.8 Å². The zero-order chi connectivity index (χ0) is 18.4. The topological polar surface area (TPSA) is 46.6 Å². The highest BCUT2D eigenvalue weighted by Gasteiger charge is 2.45. The Kier molecular flexibility index (Phi) is 6.90. The second-order valence-electron chi connectivity index (χ2n) is 6.33. The van der Waals surface area contributed by atoms with Gasteiger partial charge in [-0.25, -0.2) is 0 Å². The number of rotatable bonds is 5. The number of carbonyl (C=O) groups excluding carboxylic acids is 2. The quantitative estimate of drug-likeness (QED) is 0.454. The van der Waals surface area contributed by atoms with Crippen LogP contribution in [0.3, 0.4) is 0 Å². The van der Waals surface area contributed by atoms with Crippen LogP contribution in [0.2, 0.25) is 5.02 Å². The van der Waals surface area contributed by atoms with Gasteiger partial charge in [0.1, 0.15) is 6.10 Å². The molecule has 134 valence electrons. The maximum atomic E-state index is 12.7. The fourth-order valence-electron chi connectivity index (χ4n) is 3.08. The number of carbonyl (C=O) groups is 2. The lowest BCUT2D eigenvalue weighted by atomic mass is 9.86. The number of hydrogen-bond acceptors (Lipinski definition) is 3. The van der Waals surface area contributed by atoms with Gasteiger partial charge in [-0.3, -0.25) is 9.59 Å². The van der Waals surface area contributed by atoms with Gasteiger partial charge in [-0.2, -0.15) is 0 Å². The molecule has 3 atom stereocenters. The molecule has 1 saturated heterocycles. The molecule has 1 aromatic carbocycles. The van der Waals surface area contributed by atoms with Crippen LogP contribution in [-0.4, -0.2) is 30.4 Å². The van der Waals surface area contributed by atoms with E-state index in [9.17, 15) is 9.59 Å². The van der Waals surface area contributed by atoms with Crippen LogP contribution in [0.15, 0.2) is 24.3 Å². The maximum absolute atomic E-state index is 12.7. The summed E-state index contributed by atoms with van der Waals surface area (Å²) in [5, 5.41) is 0.480. The van der Waals surface area contributed by atoms with Crippen molar-refractivity contribution in [1.29, 1.82) is 0 Å². The molecule has 0 aliphatic carbocycles. The van der Waals surface area contributed by atoms with Gasteiger partial charge in [0.2, 0.25) is 5.91 Å². The smallest absolute Gasteiger partial charge is 0.303 e. The van der Waals surface area contributed by atoms with Crippen molar-refractivity contribution < 1.29 is 14.3 Å². The third-order valence-corrected chi connectivity index (χ3v) is 4.68. The summed E-state index contributed by atoms with van der Waals surface area (Å²) in [6, 6.07) is 7.16. The molecular weight excluding hydrogens is 338 g/mol. The summed E-state index contributed by atoms with van der Waals surface area (Å²) in [6.45, 7) is 3.99. The van der Waals surface area contributed by atoms with E-state index in [2.05, 4.69) is 18.8 Å². The largest absolute Gasteiger partial charge is 0.457 e. The molecule has 0 radical (unpaired) electrons. The van der Waals surface area contributed by atoms with Crippen LogP contribution in [0, 0.1) is 23.7 Å². The van der Waals surface area contributed by atoms with Crippen molar-refractivity contribution >= 4 is 23.5 Å². The van der Waals surface area contributed by atoms with E-state index in [1.54, 1.807) is 30.1 Å². The highest BCUT2D eigenvalue weighted by Crippen LogP contribution is 2.39. The Bertz CT molecular complexity index is 692. The fourth-order valence-corrected chi connectivity index (χ4v) is 3.33. The van der Waals surface area contributed by atoms with Crippen molar-refractivity contribution in [3.63, 3.8) is 0 Å².